The van der Waals surface area contributed by atoms with Crippen LogP contribution in [0.25, 0.3) is 0 Å². The lowest BCUT2D eigenvalue weighted by Crippen LogP contribution is -2.32. The highest BCUT2D eigenvalue weighted by atomic mass is 16.5. The molecule has 3 rings (SSSR count). The molecular weight excluding hydrogens is 289 g/mol. The zero-order valence-corrected chi connectivity index (χ0v) is 13.7. The van der Waals surface area contributed by atoms with Gasteiger partial charge in [-0.2, -0.15) is 0 Å². The van der Waals surface area contributed by atoms with Gasteiger partial charge in [-0.25, -0.2) is 0 Å². The summed E-state index contributed by atoms with van der Waals surface area (Å²) in [6.07, 6.45) is 0. The molecule has 2 aromatic rings. The topological polar surface area (TPSA) is 64.7 Å². The lowest BCUT2D eigenvalue weighted by atomic mass is 9.73. The fourth-order valence-corrected chi connectivity index (χ4v) is 2.98. The summed E-state index contributed by atoms with van der Waals surface area (Å²) in [5.41, 5.74) is 9.83. The van der Waals surface area contributed by atoms with Crippen molar-refractivity contribution in [2.75, 3.05) is 0 Å². The molecule has 0 aromatic heterocycles. The predicted octanol–water partition coefficient (Wildman–Crippen LogP) is 2.84. The van der Waals surface area contributed by atoms with Crippen LogP contribution in [0.2, 0.25) is 0 Å². The fraction of sp³-hybridized carbons (Fsp3) is 0.333. The van der Waals surface area contributed by atoms with E-state index in [1.807, 2.05) is 43.3 Å². The van der Waals surface area contributed by atoms with Crippen molar-refractivity contribution in [2.45, 2.75) is 39.3 Å². The highest BCUT2D eigenvalue weighted by Crippen LogP contribution is 2.32. The number of nitrogens with two attached hydrogens (primary N) is 1. The number of rotatable bonds is 4. The van der Waals surface area contributed by atoms with Gasteiger partial charge in [-0.15, -0.1) is 0 Å². The Kier molecular flexibility index (Phi) is 4.44. The molecule has 0 bridgehead atoms. The second kappa shape index (κ2) is 6.36. The lowest BCUT2D eigenvalue weighted by molar-refractivity contribution is 0.275. The van der Waals surface area contributed by atoms with E-state index in [0.717, 1.165) is 33.7 Å². The fourth-order valence-electron chi connectivity index (χ4n) is 2.98. The molecule has 0 amide bonds. The SMILES string of the molecule is CC(C)c1c(Oc2ccc([C@H](C)N)cc2)ccc2c1B(O)OC2. The molecule has 1 heterocycles. The van der Waals surface area contributed by atoms with Gasteiger partial charge >= 0.3 is 7.12 Å². The minimum absolute atomic E-state index is 0.00238. The maximum Gasteiger partial charge on any atom is 0.492 e. The Morgan fingerprint density at radius 2 is 1.83 bits per heavy atom. The van der Waals surface area contributed by atoms with Crippen molar-refractivity contribution in [3.05, 3.63) is 53.1 Å². The van der Waals surface area contributed by atoms with Gasteiger partial charge in [0, 0.05) is 6.04 Å². The molecule has 4 nitrogen and oxygen atoms in total. The Hall–Kier alpha value is -1.82. The van der Waals surface area contributed by atoms with E-state index in [-0.39, 0.29) is 12.0 Å². The predicted molar refractivity (Wildman–Crippen MR) is 92.0 cm³/mol. The summed E-state index contributed by atoms with van der Waals surface area (Å²) < 4.78 is 11.4. The lowest BCUT2D eigenvalue weighted by Gasteiger charge is -2.18. The average Bonchev–Trinajstić information content (AvgIpc) is 2.89. The highest BCUT2D eigenvalue weighted by Gasteiger charge is 2.33. The second-order valence-electron chi connectivity index (χ2n) is 6.33. The molecule has 0 unspecified atom stereocenters. The first-order valence-corrected chi connectivity index (χ1v) is 7.96. The molecule has 0 fully saturated rings. The zero-order valence-electron chi connectivity index (χ0n) is 13.7. The van der Waals surface area contributed by atoms with Crippen LogP contribution in [-0.2, 0) is 11.3 Å². The van der Waals surface area contributed by atoms with Gasteiger partial charge in [0.05, 0.1) is 6.61 Å². The number of fused-ring (bicyclic) bond motifs is 1. The maximum absolute atomic E-state index is 10.1. The van der Waals surface area contributed by atoms with E-state index in [0.29, 0.717) is 6.61 Å². The average molecular weight is 311 g/mol. The first-order chi connectivity index (χ1) is 11.0. The molecular formula is C18H22BNO3. The van der Waals surface area contributed by atoms with E-state index in [1.165, 1.54) is 0 Å². The number of benzene rings is 2. The number of ether oxygens (including phenoxy) is 1. The summed E-state index contributed by atoms with van der Waals surface area (Å²) in [4.78, 5) is 0. The third-order valence-electron chi connectivity index (χ3n) is 4.19. The van der Waals surface area contributed by atoms with Gasteiger partial charge in [0.1, 0.15) is 11.5 Å². The third kappa shape index (κ3) is 3.13. The normalized spacial score (nSPS) is 15.0. The summed E-state index contributed by atoms with van der Waals surface area (Å²) in [6.45, 7) is 6.58. The molecule has 2 aromatic carbocycles. The van der Waals surface area contributed by atoms with E-state index < -0.39 is 7.12 Å². The van der Waals surface area contributed by atoms with Gasteiger partial charge < -0.3 is 20.1 Å². The molecule has 23 heavy (non-hydrogen) atoms. The zero-order chi connectivity index (χ0) is 16.6. The van der Waals surface area contributed by atoms with Gasteiger partial charge in [0.15, 0.2) is 0 Å². The quantitative estimate of drug-likeness (QED) is 0.852. The Bertz CT molecular complexity index is 698. The molecule has 0 radical (unpaired) electrons. The molecule has 1 aliphatic rings. The minimum atomic E-state index is -0.869. The molecule has 0 spiro atoms. The number of hydrogen-bond acceptors (Lipinski definition) is 4. The standard InChI is InChI=1S/C18H22BNO3/c1-11(2)17-16(9-6-14-10-22-19(21)18(14)17)23-15-7-4-13(5-8-15)12(3)20/h4-9,11-12,21H,10,20H2,1-3H3/t12-/m0/s1. The summed E-state index contributed by atoms with van der Waals surface area (Å²) in [7, 11) is -0.869. The Labute approximate surface area is 137 Å². The maximum atomic E-state index is 10.1. The number of hydrogen-bond donors (Lipinski definition) is 2. The van der Waals surface area contributed by atoms with Crippen LogP contribution < -0.4 is 15.9 Å². The first-order valence-electron chi connectivity index (χ1n) is 7.96. The summed E-state index contributed by atoms with van der Waals surface area (Å²) in [5.74, 6) is 1.74. The van der Waals surface area contributed by atoms with Gasteiger partial charge in [-0.05, 0) is 53.2 Å². The molecule has 0 saturated heterocycles. The van der Waals surface area contributed by atoms with Gasteiger partial charge in [-0.1, -0.05) is 32.0 Å². The van der Waals surface area contributed by atoms with Crippen molar-refractivity contribution < 1.29 is 14.4 Å². The van der Waals surface area contributed by atoms with E-state index in [9.17, 15) is 5.02 Å². The van der Waals surface area contributed by atoms with Crippen LogP contribution in [0.1, 0.15) is 49.4 Å². The van der Waals surface area contributed by atoms with Crippen LogP contribution in [0, 0.1) is 0 Å². The second-order valence-corrected chi connectivity index (χ2v) is 6.33. The van der Waals surface area contributed by atoms with Crippen LogP contribution in [-0.4, -0.2) is 12.1 Å². The van der Waals surface area contributed by atoms with E-state index in [4.69, 9.17) is 15.1 Å². The van der Waals surface area contributed by atoms with Crippen molar-refractivity contribution in [2.24, 2.45) is 5.73 Å². The summed E-state index contributed by atoms with van der Waals surface area (Å²) in [5, 5.41) is 10.1. The smallest absolute Gasteiger partial charge is 0.457 e. The van der Waals surface area contributed by atoms with Crippen molar-refractivity contribution in [3.63, 3.8) is 0 Å². The molecule has 0 saturated carbocycles. The van der Waals surface area contributed by atoms with Crippen LogP contribution >= 0.6 is 0 Å². The van der Waals surface area contributed by atoms with Crippen molar-refractivity contribution in [1.82, 2.24) is 0 Å². The third-order valence-corrected chi connectivity index (χ3v) is 4.19. The van der Waals surface area contributed by atoms with Crippen LogP contribution in [0.15, 0.2) is 36.4 Å². The molecule has 120 valence electrons. The Balaban J connectivity index is 1.95. The Morgan fingerprint density at radius 3 is 2.43 bits per heavy atom. The van der Waals surface area contributed by atoms with Crippen LogP contribution in [0.4, 0.5) is 0 Å². The van der Waals surface area contributed by atoms with Gasteiger partial charge in [0.2, 0.25) is 0 Å². The van der Waals surface area contributed by atoms with Gasteiger partial charge in [-0.3, -0.25) is 0 Å². The van der Waals surface area contributed by atoms with Crippen molar-refractivity contribution in [1.29, 1.82) is 0 Å². The van der Waals surface area contributed by atoms with Crippen LogP contribution in [0.3, 0.4) is 0 Å². The van der Waals surface area contributed by atoms with Gasteiger partial charge in [0.25, 0.3) is 0 Å². The largest absolute Gasteiger partial charge is 0.492 e. The van der Waals surface area contributed by atoms with E-state index in [2.05, 4.69) is 13.8 Å². The highest BCUT2D eigenvalue weighted by molar-refractivity contribution is 6.62. The summed E-state index contributed by atoms with van der Waals surface area (Å²) in [6, 6.07) is 11.7. The van der Waals surface area contributed by atoms with E-state index in [1.54, 1.807) is 0 Å². The molecule has 1 atom stereocenters. The molecule has 0 aliphatic carbocycles. The Morgan fingerprint density at radius 1 is 1.13 bits per heavy atom. The van der Waals surface area contributed by atoms with E-state index >= 15 is 0 Å². The molecule has 3 N–H and O–H groups in total. The summed E-state index contributed by atoms with van der Waals surface area (Å²) >= 11 is 0. The molecule has 1 aliphatic heterocycles. The molecule has 5 heteroatoms. The van der Waals surface area contributed by atoms with Crippen LogP contribution in [0.5, 0.6) is 11.5 Å². The first kappa shape index (κ1) is 16.1. The van der Waals surface area contributed by atoms with Crippen molar-refractivity contribution >= 4 is 12.6 Å². The van der Waals surface area contributed by atoms with Crippen molar-refractivity contribution in [3.8, 4) is 11.5 Å². The monoisotopic (exact) mass is 311 g/mol. The minimum Gasteiger partial charge on any atom is -0.457 e.